The maximum atomic E-state index is 12.7. The smallest absolute Gasteiger partial charge is 0.278 e. The van der Waals surface area contributed by atoms with Gasteiger partial charge >= 0.3 is 6.18 Å². The molecule has 0 atom stereocenters. The summed E-state index contributed by atoms with van der Waals surface area (Å²) in [4.78, 5) is 3.83. The minimum Gasteiger partial charge on any atom is -0.278 e. The summed E-state index contributed by atoms with van der Waals surface area (Å²) in [5.74, 6) is 0. The second kappa shape index (κ2) is 5.51. The van der Waals surface area contributed by atoms with Gasteiger partial charge in [-0.3, -0.25) is 10.4 Å². The standard InChI is InChI=1S/C13H10F3N3/c14-13(15,16)11-3-1-2-4-12(11)19-18-9-10-5-7-17-8-6-10/h1-9,19H/b18-9-. The van der Waals surface area contributed by atoms with E-state index in [2.05, 4.69) is 15.5 Å². The summed E-state index contributed by atoms with van der Waals surface area (Å²) >= 11 is 0. The Hall–Kier alpha value is -2.37. The van der Waals surface area contributed by atoms with Crippen molar-refractivity contribution in [2.45, 2.75) is 6.18 Å². The van der Waals surface area contributed by atoms with Crippen LogP contribution < -0.4 is 5.43 Å². The molecule has 2 rings (SSSR count). The summed E-state index contributed by atoms with van der Waals surface area (Å²) in [6, 6.07) is 8.57. The Morgan fingerprint density at radius 1 is 1.05 bits per heavy atom. The van der Waals surface area contributed by atoms with Crippen LogP contribution in [0.15, 0.2) is 53.9 Å². The average molecular weight is 265 g/mol. The highest BCUT2D eigenvalue weighted by Crippen LogP contribution is 2.34. The molecule has 19 heavy (non-hydrogen) atoms. The Morgan fingerprint density at radius 3 is 2.42 bits per heavy atom. The zero-order valence-corrected chi connectivity index (χ0v) is 9.72. The first kappa shape index (κ1) is 13.1. The van der Waals surface area contributed by atoms with E-state index in [4.69, 9.17) is 0 Å². The molecule has 0 aliphatic heterocycles. The minimum absolute atomic E-state index is 0.0830. The first-order valence-electron chi connectivity index (χ1n) is 5.43. The van der Waals surface area contributed by atoms with Crippen LogP contribution in [0.5, 0.6) is 0 Å². The largest absolute Gasteiger partial charge is 0.418 e. The summed E-state index contributed by atoms with van der Waals surface area (Å²) < 4.78 is 38.1. The molecule has 0 fully saturated rings. The van der Waals surface area contributed by atoms with E-state index in [9.17, 15) is 13.2 Å². The molecule has 0 bridgehead atoms. The number of hydrogen-bond donors (Lipinski definition) is 1. The van der Waals surface area contributed by atoms with Gasteiger partial charge in [-0.2, -0.15) is 18.3 Å². The molecule has 0 spiro atoms. The predicted octanol–water partition coefficient (Wildman–Crippen LogP) is 3.55. The molecule has 2 aromatic rings. The van der Waals surface area contributed by atoms with Crippen molar-refractivity contribution in [1.82, 2.24) is 4.98 Å². The molecule has 0 aliphatic carbocycles. The quantitative estimate of drug-likeness (QED) is 0.680. The number of pyridine rings is 1. The van der Waals surface area contributed by atoms with Crippen molar-refractivity contribution >= 4 is 11.9 Å². The van der Waals surface area contributed by atoms with Crippen molar-refractivity contribution < 1.29 is 13.2 Å². The monoisotopic (exact) mass is 265 g/mol. The summed E-state index contributed by atoms with van der Waals surface area (Å²) in [5.41, 5.74) is 2.31. The van der Waals surface area contributed by atoms with Crippen LogP contribution in [0, 0.1) is 0 Å². The van der Waals surface area contributed by atoms with Gasteiger partial charge in [-0.25, -0.2) is 0 Å². The van der Waals surface area contributed by atoms with E-state index in [-0.39, 0.29) is 5.69 Å². The van der Waals surface area contributed by atoms with E-state index in [0.717, 1.165) is 11.6 Å². The Bertz CT molecular complexity index is 565. The molecule has 1 N–H and O–H groups in total. The SMILES string of the molecule is FC(F)(F)c1ccccc1N/N=C\c1ccncc1. The molecule has 98 valence electrons. The van der Waals surface area contributed by atoms with Crippen LogP contribution in [0.25, 0.3) is 0 Å². The van der Waals surface area contributed by atoms with Crippen LogP contribution in [0.4, 0.5) is 18.9 Å². The number of nitrogens with zero attached hydrogens (tertiary/aromatic N) is 2. The first-order chi connectivity index (χ1) is 9.07. The molecule has 1 aromatic carbocycles. The number of anilines is 1. The van der Waals surface area contributed by atoms with E-state index >= 15 is 0 Å². The van der Waals surface area contributed by atoms with Crippen LogP contribution in [-0.2, 0) is 6.18 Å². The maximum absolute atomic E-state index is 12.7. The van der Waals surface area contributed by atoms with Crippen molar-refractivity contribution in [3.05, 3.63) is 59.9 Å². The van der Waals surface area contributed by atoms with Crippen molar-refractivity contribution in [3.63, 3.8) is 0 Å². The number of benzene rings is 1. The number of alkyl halides is 3. The number of nitrogens with one attached hydrogen (secondary N) is 1. The van der Waals surface area contributed by atoms with Gasteiger partial charge in [0.1, 0.15) is 0 Å². The third kappa shape index (κ3) is 3.54. The van der Waals surface area contributed by atoms with E-state index < -0.39 is 11.7 Å². The van der Waals surface area contributed by atoms with Crippen LogP contribution in [0.2, 0.25) is 0 Å². The van der Waals surface area contributed by atoms with Crippen molar-refractivity contribution in [1.29, 1.82) is 0 Å². The highest BCUT2D eigenvalue weighted by atomic mass is 19.4. The van der Waals surface area contributed by atoms with Gasteiger partial charge in [0.25, 0.3) is 0 Å². The molecule has 0 saturated heterocycles. The summed E-state index contributed by atoms with van der Waals surface area (Å²) in [6.07, 6.45) is 0.167. The number of hydrazone groups is 1. The van der Waals surface area contributed by atoms with Gasteiger partial charge in [0.2, 0.25) is 0 Å². The lowest BCUT2D eigenvalue weighted by Crippen LogP contribution is -2.08. The minimum atomic E-state index is -4.41. The van der Waals surface area contributed by atoms with Gasteiger partial charge in [-0.05, 0) is 29.8 Å². The lowest BCUT2D eigenvalue weighted by Gasteiger charge is -2.11. The average Bonchev–Trinajstić information content (AvgIpc) is 2.39. The van der Waals surface area contributed by atoms with Gasteiger partial charge in [-0.1, -0.05) is 12.1 Å². The first-order valence-corrected chi connectivity index (χ1v) is 5.43. The number of halogens is 3. The molecule has 0 amide bonds. The van der Waals surface area contributed by atoms with Gasteiger partial charge in [0.15, 0.2) is 0 Å². The third-order valence-electron chi connectivity index (χ3n) is 2.34. The molecule has 0 aliphatic rings. The Balaban J connectivity index is 2.14. The third-order valence-corrected chi connectivity index (χ3v) is 2.34. The molecule has 1 heterocycles. The maximum Gasteiger partial charge on any atom is 0.418 e. The van der Waals surface area contributed by atoms with Crippen LogP contribution in [-0.4, -0.2) is 11.2 Å². The van der Waals surface area contributed by atoms with Crippen molar-refractivity contribution in [3.8, 4) is 0 Å². The molecule has 3 nitrogen and oxygen atoms in total. The fourth-order valence-electron chi connectivity index (χ4n) is 1.45. The zero-order chi connectivity index (χ0) is 13.7. The van der Waals surface area contributed by atoms with Crippen LogP contribution >= 0.6 is 0 Å². The van der Waals surface area contributed by atoms with Gasteiger partial charge < -0.3 is 0 Å². The Labute approximate surface area is 107 Å². The van der Waals surface area contributed by atoms with E-state index in [1.807, 2.05) is 0 Å². The number of aromatic nitrogens is 1. The number of para-hydroxylation sites is 1. The summed E-state index contributed by atoms with van der Waals surface area (Å²) in [7, 11) is 0. The van der Waals surface area contributed by atoms with Crippen LogP contribution in [0.3, 0.4) is 0 Å². The molecule has 0 unspecified atom stereocenters. The normalized spacial score (nSPS) is 11.7. The molecule has 0 saturated carbocycles. The highest BCUT2D eigenvalue weighted by Gasteiger charge is 2.33. The zero-order valence-electron chi connectivity index (χ0n) is 9.72. The second-order valence-corrected chi connectivity index (χ2v) is 3.69. The van der Waals surface area contributed by atoms with Crippen LogP contribution in [0.1, 0.15) is 11.1 Å². The Kier molecular flexibility index (Phi) is 3.79. The predicted molar refractivity (Wildman–Crippen MR) is 66.9 cm³/mol. The topological polar surface area (TPSA) is 37.3 Å². The molecule has 1 aromatic heterocycles. The van der Waals surface area contributed by atoms with Gasteiger partial charge in [-0.15, -0.1) is 0 Å². The van der Waals surface area contributed by atoms with E-state index in [1.165, 1.54) is 24.4 Å². The van der Waals surface area contributed by atoms with Gasteiger partial charge in [0, 0.05) is 12.4 Å². The lowest BCUT2D eigenvalue weighted by atomic mass is 10.2. The van der Waals surface area contributed by atoms with E-state index in [0.29, 0.717) is 0 Å². The molecule has 0 radical (unpaired) electrons. The second-order valence-electron chi connectivity index (χ2n) is 3.69. The molecular formula is C13H10F3N3. The summed E-state index contributed by atoms with van der Waals surface area (Å²) in [5, 5.41) is 3.78. The highest BCUT2D eigenvalue weighted by molar-refractivity contribution is 5.79. The van der Waals surface area contributed by atoms with Gasteiger partial charge in [0.05, 0.1) is 17.5 Å². The number of hydrogen-bond acceptors (Lipinski definition) is 3. The van der Waals surface area contributed by atoms with Crippen molar-refractivity contribution in [2.75, 3.05) is 5.43 Å². The van der Waals surface area contributed by atoms with Crippen molar-refractivity contribution in [2.24, 2.45) is 5.10 Å². The fourth-order valence-corrected chi connectivity index (χ4v) is 1.45. The Morgan fingerprint density at radius 2 is 1.74 bits per heavy atom. The summed E-state index contributed by atoms with van der Waals surface area (Å²) in [6.45, 7) is 0. The lowest BCUT2D eigenvalue weighted by molar-refractivity contribution is -0.136. The number of rotatable bonds is 3. The molecule has 6 heteroatoms. The van der Waals surface area contributed by atoms with E-state index in [1.54, 1.807) is 24.5 Å². The fraction of sp³-hybridized carbons (Fsp3) is 0.0769. The molecular weight excluding hydrogens is 255 g/mol.